The van der Waals surface area contributed by atoms with Crippen molar-refractivity contribution >= 4 is 0 Å². The largest absolute Gasteiger partial charge is 0.493 e. The highest BCUT2D eigenvalue weighted by Gasteiger charge is 2.17. The van der Waals surface area contributed by atoms with Crippen molar-refractivity contribution in [3.63, 3.8) is 0 Å². The molecule has 112 valence electrons. The molecule has 1 unspecified atom stereocenters. The van der Waals surface area contributed by atoms with Gasteiger partial charge in [0, 0.05) is 12.1 Å². The van der Waals surface area contributed by atoms with E-state index in [1.54, 1.807) is 0 Å². The Morgan fingerprint density at radius 2 is 1.75 bits per heavy atom. The zero-order valence-corrected chi connectivity index (χ0v) is 12.6. The molecule has 0 saturated carbocycles. The third-order valence-corrected chi connectivity index (χ3v) is 3.96. The summed E-state index contributed by atoms with van der Waals surface area (Å²) in [5.41, 5.74) is 0.913. The lowest BCUT2D eigenvalue weighted by Gasteiger charge is -2.27. The number of aliphatic hydroxyl groups excluding tert-OH is 1. The van der Waals surface area contributed by atoms with E-state index in [4.69, 9.17) is 4.74 Å². The van der Waals surface area contributed by atoms with Crippen LogP contribution in [0.3, 0.4) is 0 Å². The molecule has 1 aliphatic heterocycles. The van der Waals surface area contributed by atoms with Gasteiger partial charge in [0.1, 0.15) is 5.75 Å². The van der Waals surface area contributed by atoms with Crippen molar-refractivity contribution in [2.45, 2.75) is 45.1 Å². The summed E-state index contributed by atoms with van der Waals surface area (Å²) < 4.78 is 5.61. The zero-order chi connectivity index (χ0) is 14.2. The van der Waals surface area contributed by atoms with Gasteiger partial charge < -0.3 is 14.7 Å². The van der Waals surface area contributed by atoms with Crippen LogP contribution >= 0.6 is 0 Å². The van der Waals surface area contributed by atoms with Crippen LogP contribution in [0.1, 0.15) is 50.7 Å². The molecule has 0 aliphatic carbocycles. The van der Waals surface area contributed by atoms with Crippen LogP contribution in [0.4, 0.5) is 0 Å². The van der Waals surface area contributed by atoms with E-state index in [-0.39, 0.29) is 0 Å². The van der Waals surface area contributed by atoms with Gasteiger partial charge in [0.2, 0.25) is 0 Å². The van der Waals surface area contributed by atoms with Crippen LogP contribution in [-0.4, -0.2) is 36.2 Å². The van der Waals surface area contributed by atoms with Gasteiger partial charge >= 0.3 is 0 Å². The lowest BCUT2D eigenvalue weighted by molar-refractivity contribution is 0.105. The molecule has 0 bridgehead atoms. The van der Waals surface area contributed by atoms with E-state index in [9.17, 15) is 5.11 Å². The van der Waals surface area contributed by atoms with Gasteiger partial charge in [-0.05, 0) is 38.9 Å². The lowest BCUT2D eigenvalue weighted by Crippen LogP contribution is -2.31. The van der Waals surface area contributed by atoms with Crippen LogP contribution in [-0.2, 0) is 0 Å². The van der Waals surface area contributed by atoms with Crippen LogP contribution in [0.5, 0.6) is 5.75 Å². The Morgan fingerprint density at radius 1 is 1.10 bits per heavy atom. The van der Waals surface area contributed by atoms with E-state index in [0.29, 0.717) is 13.2 Å². The Hall–Kier alpha value is -1.06. The second-order valence-electron chi connectivity index (χ2n) is 5.56. The summed E-state index contributed by atoms with van der Waals surface area (Å²) in [4.78, 5) is 2.40. The molecule has 0 amide bonds. The summed E-state index contributed by atoms with van der Waals surface area (Å²) in [5, 5.41) is 10.5. The number of hydrogen-bond donors (Lipinski definition) is 1. The normalized spacial score (nSPS) is 19.1. The molecule has 1 heterocycles. The fourth-order valence-corrected chi connectivity index (χ4v) is 2.88. The third-order valence-electron chi connectivity index (χ3n) is 3.96. The first-order chi connectivity index (χ1) is 9.81. The maximum atomic E-state index is 10.5. The highest BCUT2D eigenvalue weighted by atomic mass is 16.5. The molecule has 1 saturated heterocycles. The van der Waals surface area contributed by atoms with E-state index in [1.165, 1.54) is 32.1 Å². The van der Waals surface area contributed by atoms with E-state index in [0.717, 1.165) is 24.4 Å². The van der Waals surface area contributed by atoms with Crippen molar-refractivity contribution < 1.29 is 9.84 Å². The lowest BCUT2D eigenvalue weighted by atomic mass is 10.1. The topological polar surface area (TPSA) is 32.7 Å². The van der Waals surface area contributed by atoms with E-state index in [2.05, 4.69) is 4.90 Å². The van der Waals surface area contributed by atoms with Crippen molar-refractivity contribution in [1.82, 2.24) is 4.90 Å². The van der Waals surface area contributed by atoms with Gasteiger partial charge in [-0.15, -0.1) is 0 Å². The maximum absolute atomic E-state index is 10.5. The Balaban J connectivity index is 1.97. The molecule has 3 nitrogen and oxygen atoms in total. The van der Waals surface area contributed by atoms with Gasteiger partial charge in [0.15, 0.2) is 0 Å². The minimum atomic E-state index is -0.461. The van der Waals surface area contributed by atoms with Gasteiger partial charge in [-0.2, -0.15) is 0 Å². The number of β-amino-alcohol motifs (C(OH)–C–C–N with tert-alkyl or cyclic N) is 1. The molecule has 1 aromatic rings. The first kappa shape index (κ1) is 15.3. The molecule has 20 heavy (non-hydrogen) atoms. The van der Waals surface area contributed by atoms with Gasteiger partial charge in [-0.25, -0.2) is 0 Å². The fourth-order valence-electron chi connectivity index (χ4n) is 2.88. The summed E-state index contributed by atoms with van der Waals surface area (Å²) in [7, 11) is 0. The predicted molar refractivity (Wildman–Crippen MR) is 82.1 cm³/mol. The second-order valence-corrected chi connectivity index (χ2v) is 5.56. The molecule has 3 heteroatoms. The Morgan fingerprint density at radius 3 is 2.45 bits per heavy atom. The minimum Gasteiger partial charge on any atom is -0.493 e. The molecule has 1 N–H and O–H groups in total. The number of aliphatic hydroxyl groups is 1. The highest BCUT2D eigenvalue weighted by Crippen LogP contribution is 2.26. The minimum absolute atomic E-state index is 0.461. The van der Waals surface area contributed by atoms with Crippen LogP contribution in [0.2, 0.25) is 0 Å². The van der Waals surface area contributed by atoms with Gasteiger partial charge in [-0.3, -0.25) is 0 Å². The van der Waals surface area contributed by atoms with Crippen molar-refractivity contribution in [3.05, 3.63) is 29.8 Å². The third kappa shape index (κ3) is 4.50. The zero-order valence-electron chi connectivity index (χ0n) is 12.6. The molecule has 0 spiro atoms. The first-order valence-electron chi connectivity index (χ1n) is 7.93. The summed E-state index contributed by atoms with van der Waals surface area (Å²) in [6, 6.07) is 7.83. The quantitative estimate of drug-likeness (QED) is 0.895. The predicted octanol–water partition coefficient (Wildman–Crippen LogP) is 3.38. The molecule has 0 aromatic heterocycles. The molecule has 0 radical (unpaired) electrons. The number of rotatable bonds is 5. The Kier molecular flexibility index (Phi) is 6.34. The Labute approximate surface area is 122 Å². The molecule has 1 fully saturated rings. The highest BCUT2D eigenvalue weighted by molar-refractivity contribution is 5.35. The van der Waals surface area contributed by atoms with Crippen molar-refractivity contribution in [3.8, 4) is 5.75 Å². The van der Waals surface area contributed by atoms with Crippen molar-refractivity contribution in [2.75, 3.05) is 26.2 Å². The number of likely N-dealkylation sites (tertiary alicyclic amines) is 1. The average molecular weight is 277 g/mol. The van der Waals surface area contributed by atoms with E-state index in [1.807, 2.05) is 31.2 Å². The average Bonchev–Trinajstić information content (AvgIpc) is 2.42. The van der Waals surface area contributed by atoms with Crippen LogP contribution < -0.4 is 4.74 Å². The van der Waals surface area contributed by atoms with E-state index < -0.39 is 6.10 Å². The maximum Gasteiger partial charge on any atom is 0.125 e. The Bertz CT molecular complexity index is 386. The van der Waals surface area contributed by atoms with Gasteiger partial charge in [0.25, 0.3) is 0 Å². The summed E-state index contributed by atoms with van der Waals surface area (Å²) in [6.45, 7) is 5.53. The van der Waals surface area contributed by atoms with Gasteiger partial charge in [0.05, 0.1) is 12.7 Å². The van der Waals surface area contributed by atoms with E-state index >= 15 is 0 Å². The van der Waals surface area contributed by atoms with Crippen LogP contribution in [0.25, 0.3) is 0 Å². The summed E-state index contributed by atoms with van der Waals surface area (Å²) in [5.74, 6) is 0.814. The molecule has 2 rings (SSSR count). The summed E-state index contributed by atoms with van der Waals surface area (Å²) in [6.07, 6.45) is 6.05. The first-order valence-corrected chi connectivity index (χ1v) is 7.93. The molecule has 1 atom stereocenters. The van der Waals surface area contributed by atoms with Crippen LogP contribution in [0.15, 0.2) is 24.3 Å². The smallest absolute Gasteiger partial charge is 0.125 e. The molecule has 1 aliphatic rings. The number of ether oxygens (including phenoxy) is 1. The van der Waals surface area contributed by atoms with Gasteiger partial charge in [-0.1, -0.05) is 37.5 Å². The SMILES string of the molecule is CCOc1ccccc1C(O)CN1CCCCCCC1. The van der Waals surface area contributed by atoms with Crippen LogP contribution in [0, 0.1) is 0 Å². The summed E-state index contributed by atoms with van der Waals surface area (Å²) >= 11 is 0. The van der Waals surface area contributed by atoms with Crippen molar-refractivity contribution in [2.24, 2.45) is 0 Å². The molecule has 1 aromatic carbocycles. The number of hydrogen-bond acceptors (Lipinski definition) is 3. The fraction of sp³-hybridized carbons (Fsp3) is 0.647. The number of benzene rings is 1. The number of para-hydroxylation sites is 1. The second kappa shape index (κ2) is 8.28. The van der Waals surface area contributed by atoms with Crippen molar-refractivity contribution in [1.29, 1.82) is 0 Å². The number of nitrogens with zero attached hydrogens (tertiary/aromatic N) is 1. The standard InChI is InChI=1S/C17H27NO2/c1-2-20-17-11-7-6-10-15(17)16(19)14-18-12-8-4-3-5-9-13-18/h6-7,10-11,16,19H,2-5,8-9,12-14H2,1H3. The monoisotopic (exact) mass is 277 g/mol. The molecular formula is C17H27NO2. The molecular weight excluding hydrogens is 250 g/mol.